The summed E-state index contributed by atoms with van der Waals surface area (Å²) in [6.07, 6.45) is 6.45. The lowest BCUT2D eigenvalue weighted by Gasteiger charge is -2.53. The number of hydrogen-bond acceptors (Lipinski definition) is 3. The van der Waals surface area contributed by atoms with E-state index in [1.165, 1.54) is 32.1 Å². The molecular weight excluding hydrogens is 262 g/mol. The van der Waals surface area contributed by atoms with Crippen LogP contribution in [0.2, 0.25) is 0 Å². The van der Waals surface area contributed by atoms with E-state index in [-0.39, 0.29) is 11.8 Å². The molecule has 4 heteroatoms. The first-order valence-corrected chi connectivity index (χ1v) is 8.06. The fourth-order valence-corrected chi connectivity index (χ4v) is 5.23. The summed E-state index contributed by atoms with van der Waals surface area (Å²) in [5.41, 5.74) is 13.4. The van der Waals surface area contributed by atoms with Crippen LogP contribution in [0.15, 0.2) is 18.2 Å². The molecule has 4 fully saturated rings. The van der Waals surface area contributed by atoms with Gasteiger partial charge in [0.05, 0.1) is 11.4 Å². The summed E-state index contributed by atoms with van der Waals surface area (Å²) < 4.78 is 0. The summed E-state index contributed by atoms with van der Waals surface area (Å²) in [7, 11) is 0. The highest BCUT2D eigenvalue weighted by Gasteiger charge is 2.50. The minimum Gasteiger partial charge on any atom is -0.397 e. The van der Waals surface area contributed by atoms with Gasteiger partial charge in [0.2, 0.25) is 5.91 Å². The predicted molar refractivity (Wildman–Crippen MR) is 84.4 cm³/mol. The molecule has 1 aromatic rings. The van der Waals surface area contributed by atoms with Crippen molar-refractivity contribution >= 4 is 23.0 Å². The number of amides is 1. The van der Waals surface area contributed by atoms with Crippen LogP contribution in [0, 0.1) is 29.6 Å². The third kappa shape index (κ3) is 2.17. The molecule has 1 aromatic carbocycles. The zero-order chi connectivity index (χ0) is 14.6. The van der Waals surface area contributed by atoms with Crippen LogP contribution < -0.4 is 16.8 Å². The number of carbonyl (C=O) groups is 1. The van der Waals surface area contributed by atoms with Crippen molar-refractivity contribution in [1.82, 2.24) is 0 Å². The molecule has 4 aliphatic carbocycles. The Morgan fingerprint density at radius 2 is 1.57 bits per heavy atom. The van der Waals surface area contributed by atoms with Crippen LogP contribution in [0.5, 0.6) is 0 Å². The largest absolute Gasteiger partial charge is 0.397 e. The molecule has 4 saturated carbocycles. The second-order valence-corrected chi connectivity index (χ2v) is 7.29. The number of nitrogen functional groups attached to an aromatic ring is 2. The fraction of sp³-hybridized carbons (Fsp3) is 0.588. The van der Waals surface area contributed by atoms with Gasteiger partial charge in [-0.25, -0.2) is 0 Å². The van der Waals surface area contributed by atoms with Gasteiger partial charge in [-0.1, -0.05) is 0 Å². The monoisotopic (exact) mass is 285 g/mol. The van der Waals surface area contributed by atoms with Gasteiger partial charge in [-0.3, -0.25) is 4.79 Å². The molecule has 4 nitrogen and oxygen atoms in total. The number of rotatable bonds is 2. The van der Waals surface area contributed by atoms with Gasteiger partial charge in [-0.05, 0) is 74.0 Å². The van der Waals surface area contributed by atoms with E-state index in [1.807, 2.05) is 6.07 Å². The van der Waals surface area contributed by atoms with Gasteiger partial charge in [-0.15, -0.1) is 0 Å². The van der Waals surface area contributed by atoms with Crippen molar-refractivity contribution in [3.8, 4) is 0 Å². The summed E-state index contributed by atoms with van der Waals surface area (Å²) in [4.78, 5) is 12.7. The number of anilines is 3. The summed E-state index contributed by atoms with van der Waals surface area (Å²) >= 11 is 0. The molecule has 5 rings (SSSR count). The Morgan fingerprint density at radius 1 is 0.952 bits per heavy atom. The van der Waals surface area contributed by atoms with Crippen molar-refractivity contribution < 1.29 is 4.79 Å². The summed E-state index contributed by atoms with van der Waals surface area (Å²) in [6.45, 7) is 0. The first-order chi connectivity index (χ1) is 10.1. The average Bonchev–Trinajstić information content (AvgIpc) is 2.41. The van der Waals surface area contributed by atoms with Crippen molar-refractivity contribution in [2.75, 3.05) is 16.8 Å². The molecule has 0 radical (unpaired) electrons. The SMILES string of the molecule is Nc1ccc(NC(=O)C2C3CC4CC(C3)CC2C4)cc1N. The summed E-state index contributed by atoms with van der Waals surface area (Å²) in [5, 5.41) is 3.06. The van der Waals surface area contributed by atoms with Gasteiger partial charge in [0.15, 0.2) is 0 Å². The molecule has 0 spiro atoms. The molecule has 0 unspecified atom stereocenters. The lowest BCUT2D eigenvalue weighted by Crippen LogP contribution is -2.49. The molecular formula is C17H23N3O. The summed E-state index contributed by atoms with van der Waals surface area (Å²) in [5.74, 6) is 3.39. The van der Waals surface area contributed by atoms with Crippen molar-refractivity contribution in [2.24, 2.45) is 29.6 Å². The smallest absolute Gasteiger partial charge is 0.228 e. The minimum atomic E-state index is 0.188. The molecule has 0 aromatic heterocycles. The average molecular weight is 285 g/mol. The van der Waals surface area contributed by atoms with Crippen LogP contribution in [0.1, 0.15) is 32.1 Å². The Bertz CT molecular complexity index is 555. The van der Waals surface area contributed by atoms with E-state index in [1.54, 1.807) is 12.1 Å². The number of benzene rings is 1. The molecule has 21 heavy (non-hydrogen) atoms. The second-order valence-electron chi connectivity index (χ2n) is 7.29. The van der Waals surface area contributed by atoms with E-state index in [2.05, 4.69) is 5.32 Å². The number of nitrogens with two attached hydrogens (primary N) is 2. The van der Waals surface area contributed by atoms with E-state index >= 15 is 0 Å². The molecule has 4 bridgehead atoms. The van der Waals surface area contributed by atoms with E-state index in [0.717, 1.165) is 17.5 Å². The summed E-state index contributed by atoms with van der Waals surface area (Å²) in [6, 6.07) is 5.34. The zero-order valence-corrected chi connectivity index (χ0v) is 12.2. The molecule has 1 amide bonds. The molecule has 0 atom stereocenters. The van der Waals surface area contributed by atoms with Crippen molar-refractivity contribution in [3.63, 3.8) is 0 Å². The first-order valence-electron chi connectivity index (χ1n) is 8.06. The maximum Gasteiger partial charge on any atom is 0.228 e. The van der Waals surface area contributed by atoms with Gasteiger partial charge in [0.25, 0.3) is 0 Å². The van der Waals surface area contributed by atoms with Crippen LogP contribution in [-0.2, 0) is 4.79 Å². The number of hydrogen-bond donors (Lipinski definition) is 3. The lowest BCUT2D eigenvalue weighted by atomic mass is 9.51. The second kappa shape index (κ2) is 4.65. The molecule has 4 aliphatic rings. The first kappa shape index (κ1) is 13.0. The third-order valence-electron chi connectivity index (χ3n) is 5.88. The standard InChI is InChI=1S/C17H23N3O/c18-14-2-1-13(8-15(14)19)20-17(21)16-11-4-9-3-10(6-11)7-12(16)5-9/h1-2,8-12,16H,3-7,18-19H2,(H,20,21). The number of nitrogens with one attached hydrogen (secondary N) is 1. The number of carbonyl (C=O) groups excluding carboxylic acids is 1. The normalized spacial score (nSPS) is 36.7. The highest BCUT2D eigenvalue weighted by Crippen LogP contribution is 2.56. The highest BCUT2D eigenvalue weighted by molar-refractivity contribution is 5.94. The van der Waals surface area contributed by atoms with E-state index < -0.39 is 0 Å². The topological polar surface area (TPSA) is 81.1 Å². The van der Waals surface area contributed by atoms with Crippen LogP contribution in [0.25, 0.3) is 0 Å². The lowest BCUT2D eigenvalue weighted by molar-refractivity contribution is -0.132. The van der Waals surface area contributed by atoms with Crippen molar-refractivity contribution in [1.29, 1.82) is 0 Å². The molecule has 0 heterocycles. The Kier molecular flexibility index (Phi) is 2.88. The third-order valence-corrected chi connectivity index (χ3v) is 5.88. The van der Waals surface area contributed by atoms with Gasteiger partial charge >= 0.3 is 0 Å². The maximum atomic E-state index is 12.7. The van der Waals surface area contributed by atoms with E-state index in [0.29, 0.717) is 23.2 Å². The Morgan fingerprint density at radius 3 is 2.14 bits per heavy atom. The van der Waals surface area contributed by atoms with Crippen LogP contribution in [0.3, 0.4) is 0 Å². The van der Waals surface area contributed by atoms with Crippen molar-refractivity contribution in [3.05, 3.63) is 18.2 Å². The van der Waals surface area contributed by atoms with Crippen LogP contribution in [0.4, 0.5) is 17.1 Å². The molecule has 5 N–H and O–H groups in total. The Hall–Kier alpha value is -1.71. The quantitative estimate of drug-likeness (QED) is 0.731. The maximum absolute atomic E-state index is 12.7. The van der Waals surface area contributed by atoms with Crippen molar-refractivity contribution in [2.45, 2.75) is 32.1 Å². The molecule has 112 valence electrons. The van der Waals surface area contributed by atoms with Gasteiger partial charge in [0, 0.05) is 11.6 Å². The highest BCUT2D eigenvalue weighted by atomic mass is 16.1. The van der Waals surface area contributed by atoms with Crippen LogP contribution in [-0.4, -0.2) is 5.91 Å². The Balaban J connectivity index is 1.51. The van der Waals surface area contributed by atoms with Gasteiger partial charge in [0.1, 0.15) is 0 Å². The predicted octanol–water partition coefficient (Wildman–Crippen LogP) is 2.86. The fourth-order valence-electron chi connectivity index (χ4n) is 5.23. The molecule has 0 saturated heterocycles. The van der Waals surface area contributed by atoms with Gasteiger partial charge < -0.3 is 16.8 Å². The zero-order valence-electron chi connectivity index (χ0n) is 12.2. The van der Waals surface area contributed by atoms with Crippen LogP contribution >= 0.6 is 0 Å². The van der Waals surface area contributed by atoms with E-state index in [9.17, 15) is 4.79 Å². The Labute approximate surface area is 125 Å². The van der Waals surface area contributed by atoms with E-state index in [4.69, 9.17) is 11.5 Å². The molecule has 0 aliphatic heterocycles. The van der Waals surface area contributed by atoms with Gasteiger partial charge in [-0.2, -0.15) is 0 Å². The minimum absolute atomic E-state index is 0.188.